The predicted octanol–water partition coefficient (Wildman–Crippen LogP) is 3.21. The van der Waals surface area contributed by atoms with Gasteiger partial charge in [0.2, 0.25) is 5.88 Å². The zero-order chi connectivity index (χ0) is 9.14. The van der Waals surface area contributed by atoms with Gasteiger partial charge in [-0.25, -0.2) is 4.98 Å². The van der Waals surface area contributed by atoms with Crippen LogP contribution in [0, 0.1) is 0 Å². The minimum absolute atomic E-state index is 0.111. The third kappa shape index (κ3) is 2.67. The SMILES string of the molecule is FC(F)Oc1cc(Br)c(Br)cn1. The standard InChI is InChI=1S/C6H3Br2F2NO/c7-3-1-5(12-6(9)10)11-2-4(3)8/h1-2,6H. The van der Waals surface area contributed by atoms with Crippen molar-refractivity contribution in [2.75, 3.05) is 0 Å². The molecule has 2 nitrogen and oxygen atoms in total. The van der Waals surface area contributed by atoms with Crippen LogP contribution in [0.15, 0.2) is 21.2 Å². The Hall–Kier alpha value is -0.230. The summed E-state index contributed by atoms with van der Waals surface area (Å²) in [6, 6.07) is 1.36. The molecular formula is C6H3Br2F2NO. The third-order valence-corrected chi connectivity index (χ3v) is 2.81. The van der Waals surface area contributed by atoms with E-state index in [1.807, 2.05) is 0 Å². The quantitative estimate of drug-likeness (QED) is 0.837. The van der Waals surface area contributed by atoms with Gasteiger partial charge in [-0.3, -0.25) is 0 Å². The fourth-order valence-corrected chi connectivity index (χ4v) is 1.07. The number of ether oxygens (including phenoxy) is 1. The maximum Gasteiger partial charge on any atom is 0.388 e. The number of hydrogen-bond acceptors (Lipinski definition) is 2. The molecular weight excluding hydrogens is 300 g/mol. The van der Waals surface area contributed by atoms with Crippen molar-refractivity contribution in [2.24, 2.45) is 0 Å². The van der Waals surface area contributed by atoms with E-state index in [0.717, 1.165) is 0 Å². The Kier molecular flexibility index (Phi) is 3.39. The molecule has 6 heteroatoms. The molecule has 0 bridgehead atoms. The van der Waals surface area contributed by atoms with Crippen LogP contribution in [-0.2, 0) is 0 Å². The first kappa shape index (κ1) is 9.85. The van der Waals surface area contributed by atoms with Crippen LogP contribution in [0.5, 0.6) is 5.88 Å². The van der Waals surface area contributed by atoms with Crippen LogP contribution in [0.25, 0.3) is 0 Å². The van der Waals surface area contributed by atoms with E-state index < -0.39 is 6.61 Å². The molecule has 0 fully saturated rings. The average Bonchev–Trinajstić information content (AvgIpc) is 1.96. The topological polar surface area (TPSA) is 22.1 Å². The van der Waals surface area contributed by atoms with Crippen molar-refractivity contribution in [2.45, 2.75) is 6.61 Å². The summed E-state index contributed by atoms with van der Waals surface area (Å²) in [6.07, 6.45) is 1.38. The molecule has 1 aromatic rings. The highest BCUT2D eigenvalue weighted by atomic mass is 79.9. The van der Waals surface area contributed by atoms with Gasteiger partial charge in [0.05, 0.1) is 4.47 Å². The Labute approximate surface area is 84.2 Å². The van der Waals surface area contributed by atoms with E-state index in [4.69, 9.17) is 0 Å². The molecule has 0 unspecified atom stereocenters. The Morgan fingerprint density at radius 3 is 2.50 bits per heavy atom. The Bertz CT molecular complexity index is 282. The molecule has 0 N–H and O–H groups in total. The summed E-state index contributed by atoms with van der Waals surface area (Å²) in [6.45, 7) is -2.84. The van der Waals surface area contributed by atoms with E-state index in [0.29, 0.717) is 8.95 Å². The van der Waals surface area contributed by atoms with Gasteiger partial charge in [0.1, 0.15) is 0 Å². The number of alkyl halides is 2. The smallest absolute Gasteiger partial charge is 0.388 e. The lowest BCUT2D eigenvalue weighted by Gasteiger charge is -2.03. The molecule has 0 aliphatic rings. The van der Waals surface area contributed by atoms with Gasteiger partial charge in [-0.1, -0.05) is 0 Å². The number of pyridine rings is 1. The van der Waals surface area contributed by atoms with Crippen molar-refractivity contribution in [3.63, 3.8) is 0 Å². The average molecular weight is 303 g/mol. The molecule has 1 rings (SSSR count). The minimum atomic E-state index is -2.84. The number of aromatic nitrogens is 1. The third-order valence-electron chi connectivity index (χ3n) is 0.993. The van der Waals surface area contributed by atoms with E-state index in [1.54, 1.807) is 0 Å². The van der Waals surface area contributed by atoms with Crippen LogP contribution in [0.4, 0.5) is 8.78 Å². The summed E-state index contributed by atoms with van der Waals surface area (Å²) in [7, 11) is 0. The van der Waals surface area contributed by atoms with Crippen LogP contribution >= 0.6 is 31.9 Å². The van der Waals surface area contributed by atoms with Crippen LogP contribution in [0.2, 0.25) is 0 Å². The van der Waals surface area contributed by atoms with Gasteiger partial charge >= 0.3 is 6.61 Å². The second-order valence-electron chi connectivity index (χ2n) is 1.82. The molecule has 0 amide bonds. The van der Waals surface area contributed by atoms with Crippen molar-refractivity contribution < 1.29 is 13.5 Å². The molecule has 66 valence electrons. The van der Waals surface area contributed by atoms with Gasteiger partial charge in [-0.05, 0) is 31.9 Å². The van der Waals surface area contributed by atoms with E-state index in [-0.39, 0.29) is 5.88 Å². The van der Waals surface area contributed by atoms with Crippen LogP contribution in [-0.4, -0.2) is 11.6 Å². The van der Waals surface area contributed by atoms with Crippen LogP contribution in [0.1, 0.15) is 0 Å². The zero-order valence-corrected chi connectivity index (χ0v) is 8.77. The highest BCUT2D eigenvalue weighted by Crippen LogP contribution is 2.25. The zero-order valence-electron chi connectivity index (χ0n) is 5.60. The molecule has 0 spiro atoms. The lowest BCUT2D eigenvalue weighted by atomic mass is 10.5. The summed E-state index contributed by atoms with van der Waals surface area (Å²) in [4.78, 5) is 3.60. The maximum atomic E-state index is 11.7. The molecule has 0 radical (unpaired) electrons. The lowest BCUT2D eigenvalue weighted by Crippen LogP contribution is -2.03. The van der Waals surface area contributed by atoms with Gasteiger partial charge < -0.3 is 4.74 Å². The summed E-state index contributed by atoms with van der Waals surface area (Å²) < 4.78 is 28.7. The van der Waals surface area contributed by atoms with Crippen molar-refractivity contribution in [3.8, 4) is 5.88 Å². The molecule has 0 atom stereocenters. The maximum absolute atomic E-state index is 11.7. The first-order valence-corrected chi connectivity index (χ1v) is 4.44. The molecule has 0 aliphatic heterocycles. The fourth-order valence-electron chi connectivity index (χ4n) is 0.552. The second kappa shape index (κ2) is 4.13. The summed E-state index contributed by atoms with van der Waals surface area (Å²) in [5, 5.41) is 0. The Morgan fingerprint density at radius 1 is 1.33 bits per heavy atom. The largest absolute Gasteiger partial charge is 0.417 e. The lowest BCUT2D eigenvalue weighted by molar-refractivity contribution is -0.0529. The Balaban J connectivity index is 2.82. The van der Waals surface area contributed by atoms with Crippen molar-refractivity contribution in [3.05, 3.63) is 21.2 Å². The summed E-state index contributed by atoms with van der Waals surface area (Å²) >= 11 is 6.27. The molecule has 0 saturated carbocycles. The highest BCUT2D eigenvalue weighted by molar-refractivity contribution is 9.13. The normalized spacial score (nSPS) is 10.4. The number of halogens is 4. The second-order valence-corrected chi connectivity index (χ2v) is 3.52. The summed E-state index contributed by atoms with van der Waals surface area (Å²) in [5.41, 5.74) is 0. The van der Waals surface area contributed by atoms with Gasteiger partial charge in [0, 0.05) is 16.7 Å². The van der Waals surface area contributed by atoms with Gasteiger partial charge in [0.25, 0.3) is 0 Å². The van der Waals surface area contributed by atoms with Crippen molar-refractivity contribution in [1.29, 1.82) is 0 Å². The first-order valence-electron chi connectivity index (χ1n) is 2.85. The van der Waals surface area contributed by atoms with E-state index >= 15 is 0 Å². The van der Waals surface area contributed by atoms with Gasteiger partial charge in [0.15, 0.2) is 0 Å². The van der Waals surface area contributed by atoms with E-state index in [2.05, 4.69) is 41.6 Å². The molecule has 12 heavy (non-hydrogen) atoms. The predicted molar refractivity (Wildman–Crippen MR) is 46.3 cm³/mol. The van der Waals surface area contributed by atoms with Gasteiger partial charge in [-0.2, -0.15) is 8.78 Å². The number of hydrogen-bond donors (Lipinski definition) is 0. The van der Waals surface area contributed by atoms with E-state index in [1.165, 1.54) is 12.3 Å². The van der Waals surface area contributed by atoms with Gasteiger partial charge in [-0.15, -0.1) is 0 Å². The first-order chi connectivity index (χ1) is 5.59. The number of nitrogens with zero attached hydrogens (tertiary/aromatic N) is 1. The molecule has 1 aromatic heterocycles. The van der Waals surface area contributed by atoms with E-state index in [9.17, 15) is 8.78 Å². The molecule has 1 heterocycles. The molecule has 0 saturated heterocycles. The van der Waals surface area contributed by atoms with Crippen molar-refractivity contribution >= 4 is 31.9 Å². The fraction of sp³-hybridized carbons (Fsp3) is 0.167. The van der Waals surface area contributed by atoms with Crippen LogP contribution in [0.3, 0.4) is 0 Å². The number of rotatable bonds is 2. The molecule has 0 aromatic carbocycles. The minimum Gasteiger partial charge on any atom is -0.417 e. The van der Waals surface area contributed by atoms with Crippen molar-refractivity contribution in [1.82, 2.24) is 4.98 Å². The molecule has 0 aliphatic carbocycles. The monoisotopic (exact) mass is 301 g/mol. The van der Waals surface area contributed by atoms with Crippen LogP contribution < -0.4 is 4.74 Å². The Morgan fingerprint density at radius 2 is 2.00 bits per heavy atom. The summed E-state index contributed by atoms with van der Waals surface area (Å²) in [5.74, 6) is -0.111. The highest BCUT2D eigenvalue weighted by Gasteiger charge is 2.06.